The number of aromatic nitrogens is 1. The number of pyridine rings is 1. The molecular formula is C17H17N3O2. The first-order chi connectivity index (χ1) is 10.5. The van der Waals surface area contributed by atoms with Gasteiger partial charge in [-0.25, -0.2) is 0 Å². The molecule has 0 spiro atoms. The highest BCUT2D eigenvalue weighted by molar-refractivity contribution is 6.13. The zero-order chi connectivity index (χ0) is 16.3. The second-order valence-electron chi connectivity index (χ2n) is 5.06. The molecule has 22 heavy (non-hydrogen) atoms. The predicted octanol–water partition coefficient (Wildman–Crippen LogP) is 2.12. The Bertz CT molecular complexity index is 829. The van der Waals surface area contributed by atoms with Crippen LogP contribution < -0.4 is 11.3 Å². The summed E-state index contributed by atoms with van der Waals surface area (Å²) in [6, 6.07) is 8.89. The highest BCUT2D eigenvalue weighted by Gasteiger charge is 2.20. The number of aromatic amines is 1. The van der Waals surface area contributed by atoms with E-state index in [0.29, 0.717) is 17.7 Å². The number of benzene rings is 1. The Balaban J connectivity index is 2.62. The maximum atomic E-state index is 12.8. The molecule has 0 aliphatic rings. The molecule has 1 heterocycles. The van der Waals surface area contributed by atoms with Crippen LogP contribution in [0.4, 0.5) is 5.69 Å². The van der Waals surface area contributed by atoms with Gasteiger partial charge in [-0.2, -0.15) is 5.26 Å². The lowest BCUT2D eigenvalue weighted by molar-refractivity contribution is 0.103. The van der Waals surface area contributed by atoms with Gasteiger partial charge < -0.3 is 10.7 Å². The molecule has 1 aromatic heterocycles. The summed E-state index contributed by atoms with van der Waals surface area (Å²) in [6.07, 6.45) is 0.817. The summed E-state index contributed by atoms with van der Waals surface area (Å²) < 4.78 is 0. The molecular weight excluding hydrogens is 278 g/mol. The molecule has 5 heteroatoms. The van der Waals surface area contributed by atoms with E-state index in [2.05, 4.69) is 11.1 Å². The quantitative estimate of drug-likeness (QED) is 0.844. The maximum Gasteiger partial charge on any atom is 0.272 e. The Morgan fingerprint density at radius 1 is 1.41 bits per heavy atom. The SMILES string of the molecule is CCc1c(C)[nH]c(=O)c(N)c1C(=O)c1cccc(CC#N)c1. The summed E-state index contributed by atoms with van der Waals surface area (Å²) in [7, 11) is 0. The van der Waals surface area contributed by atoms with Gasteiger partial charge in [0.2, 0.25) is 0 Å². The number of ketones is 1. The van der Waals surface area contributed by atoms with E-state index < -0.39 is 5.56 Å². The summed E-state index contributed by atoms with van der Waals surface area (Å²) in [4.78, 5) is 27.3. The zero-order valence-corrected chi connectivity index (χ0v) is 12.6. The first-order valence-electron chi connectivity index (χ1n) is 7.01. The van der Waals surface area contributed by atoms with E-state index in [4.69, 9.17) is 11.0 Å². The number of nitriles is 1. The summed E-state index contributed by atoms with van der Waals surface area (Å²) in [6.45, 7) is 3.66. The van der Waals surface area contributed by atoms with Gasteiger partial charge in [-0.15, -0.1) is 0 Å². The van der Waals surface area contributed by atoms with Gasteiger partial charge in [-0.05, 0) is 30.5 Å². The highest BCUT2D eigenvalue weighted by Crippen LogP contribution is 2.21. The number of anilines is 1. The van der Waals surface area contributed by atoms with E-state index in [1.165, 1.54) is 0 Å². The molecule has 0 amide bonds. The average Bonchev–Trinajstić information content (AvgIpc) is 2.50. The third-order valence-electron chi connectivity index (χ3n) is 3.62. The number of aryl methyl sites for hydroxylation is 1. The Hall–Kier alpha value is -2.87. The minimum Gasteiger partial charge on any atom is -0.394 e. The van der Waals surface area contributed by atoms with Gasteiger partial charge in [0.1, 0.15) is 5.69 Å². The van der Waals surface area contributed by atoms with Crippen LogP contribution in [0.25, 0.3) is 0 Å². The van der Waals surface area contributed by atoms with E-state index in [1.807, 2.05) is 6.92 Å². The molecule has 0 saturated carbocycles. The molecule has 5 nitrogen and oxygen atoms in total. The molecule has 0 bridgehead atoms. The third kappa shape index (κ3) is 2.77. The van der Waals surface area contributed by atoms with Crippen LogP contribution in [-0.4, -0.2) is 10.8 Å². The number of nitrogen functional groups attached to an aromatic ring is 1. The average molecular weight is 295 g/mol. The fourth-order valence-electron chi connectivity index (χ4n) is 2.54. The van der Waals surface area contributed by atoms with Crippen molar-refractivity contribution >= 4 is 11.5 Å². The molecule has 2 rings (SSSR count). The summed E-state index contributed by atoms with van der Waals surface area (Å²) in [5.74, 6) is -0.289. The summed E-state index contributed by atoms with van der Waals surface area (Å²) in [5, 5.41) is 8.76. The third-order valence-corrected chi connectivity index (χ3v) is 3.62. The number of nitrogens with zero attached hydrogens (tertiary/aromatic N) is 1. The van der Waals surface area contributed by atoms with Gasteiger partial charge in [-0.1, -0.05) is 25.1 Å². The van der Waals surface area contributed by atoms with Crippen LogP contribution in [-0.2, 0) is 12.8 Å². The monoisotopic (exact) mass is 295 g/mol. The van der Waals surface area contributed by atoms with Gasteiger partial charge in [0.05, 0.1) is 18.1 Å². The van der Waals surface area contributed by atoms with Crippen LogP contribution in [0.1, 0.15) is 39.7 Å². The molecule has 112 valence electrons. The smallest absolute Gasteiger partial charge is 0.272 e. The Labute approximate surface area is 128 Å². The van der Waals surface area contributed by atoms with E-state index >= 15 is 0 Å². The van der Waals surface area contributed by atoms with Crippen LogP contribution in [0.3, 0.4) is 0 Å². The first kappa shape index (κ1) is 15.5. The van der Waals surface area contributed by atoms with Crippen molar-refractivity contribution in [2.45, 2.75) is 26.7 Å². The second kappa shape index (κ2) is 6.27. The number of hydrogen-bond acceptors (Lipinski definition) is 4. The molecule has 0 unspecified atom stereocenters. The first-order valence-corrected chi connectivity index (χ1v) is 7.01. The lowest BCUT2D eigenvalue weighted by atomic mass is 9.94. The number of nitrogens with two attached hydrogens (primary N) is 1. The summed E-state index contributed by atoms with van der Waals surface area (Å²) in [5.41, 5.74) is 8.18. The molecule has 0 aliphatic carbocycles. The van der Waals surface area contributed by atoms with Crippen LogP contribution >= 0.6 is 0 Å². The van der Waals surface area contributed by atoms with Gasteiger partial charge in [0.15, 0.2) is 5.78 Å². The molecule has 0 aliphatic heterocycles. The van der Waals surface area contributed by atoms with Gasteiger partial charge in [0.25, 0.3) is 5.56 Å². The van der Waals surface area contributed by atoms with Crippen molar-refractivity contribution in [1.82, 2.24) is 4.98 Å². The standard InChI is InChI=1S/C17H17N3O2/c1-3-13-10(2)20-17(22)15(19)14(13)16(21)12-6-4-5-11(9-12)7-8-18/h4-6,9H,3,7,19H2,1-2H3,(H,20,22). The second-order valence-corrected chi connectivity index (χ2v) is 5.06. The van der Waals surface area contributed by atoms with E-state index in [9.17, 15) is 9.59 Å². The van der Waals surface area contributed by atoms with Crippen molar-refractivity contribution in [2.75, 3.05) is 5.73 Å². The normalized spacial score (nSPS) is 10.2. The number of nitrogens with one attached hydrogen (secondary N) is 1. The zero-order valence-electron chi connectivity index (χ0n) is 12.6. The Morgan fingerprint density at radius 2 is 2.14 bits per heavy atom. The van der Waals surface area contributed by atoms with E-state index in [0.717, 1.165) is 11.1 Å². The molecule has 1 aromatic carbocycles. The molecule has 0 saturated heterocycles. The summed E-state index contributed by atoms with van der Waals surface area (Å²) >= 11 is 0. The molecule has 0 fully saturated rings. The van der Waals surface area contributed by atoms with Crippen molar-refractivity contribution in [2.24, 2.45) is 0 Å². The van der Waals surface area contributed by atoms with Crippen LogP contribution in [0, 0.1) is 18.3 Å². The molecule has 0 atom stereocenters. The van der Waals surface area contributed by atoms with E-state index in [1.54, 1.807) is 31.2 Å². The maximum absolute atomic E-state index is 12.8. The lowest BCUT2D eigenvalue weighted by Crippen LogP contribution is -2.22. The number of H-pyrrole nitrogens is 1. The van der Waals surface area contributed by atoms with Crippen LogP contribution in [0.15, 0.2) is 29.1 Å². The molecule has 3 N–H and O–H groups in total. The van der Waals surface area contributed by atoms with Gasteiger partial charge >= 0.3 is 0 Å². The molecule has 2 aromatic rings. The van der Waals surface area contributed by atoms with Crippen LogP contribution in [0.2, 0.25) is 0 Å². The fourth-order valence-corrected chi connectivity index (χ4v) is 2.54. The van der Waals surface area contributed by atoms with Crippen LogP contribution in [0.5, 0.6) is 0 Å². The fraction of sp³-hybridized carbons (Fsp3) is 0.235. The minimum absolute atomic E-state index is 0.0573. The Morgan fingerprint density at radius 3 is 2.77 bits per heavy atom. The minimum atomic E-state index is -0.453. The van der Waals surface area contributed by atoms with Crippen molar-refractivity contribution < 1.29 is 4.79 Å². The predicted molar refractivity (Wildman–Crippen MR) is 84.8 cm³/mol. The van der Waals surface area contributed by atoms with Crippen molar-refractivity contribution in [3.05, 3.63) is 62.6 Å². The molecule has 0 radical (unpaired) electrons. The number of carbonyl (C=O) groups is 1. The van der Waals surface area contributed by atoms with Gasteiger partial charge in [-0.3, -0.25) is 9.59 Å². The van der Waals surface area contributed by atoms with Crippen molar-refractivity contribution in [3.63, 3.8) is 0 Å². The topological polar surface area (TPSA) is 99.7 Å². The number of hydrogen-bond donors (Lipinski definition) is 2. The number of carbonyl (C=O) groups excluding carboxylic acids is 1. The van der Waals surface area contributed by atoms with Gasteiger partial charge in [0, 0.05) is 11.3 Å². The Kier molecular flexibility index (Phi) is 4.42. The lowest BCUT2D eigenvalue weighted by Gasteiger charge is -2.13. The van der Waals surface area contributed by atoms with E-state index in [-0.39, 0.29) is 23.5 Å². The number of rotatable bonds is 4. The van der Waals surface area contributed by atoms with Crippen molar-refractivity contribution in [3.8, 4) is 6.07 Å². The van der Waals surface area contributed by atoms with Crippen molar-refractivity contribution in [1.29, 1.82) is 5.26 Å². The largest absolute Gasteiger partial charge is 0.394 e. The highest BCUT2D eigenvalue weighted by atomic mass is 16.1.